The molecule has 2 N–H and O–H groups in total. The molecule has 1 aliphatic carbocycles. The number of benzene rings is 1. The monoisotopic (exact) mass is 318 g/mol. The molecule has 1 fully saturated rings. The van der Waals surface area contributed by atoms with Crippen molar-refractivity contribution in [3.8, 4) is 5.75 Å². The van der Waals surface area contributed by atoms with Gasteiger partial charge in [-0.1, -0.05) is 0 Å². The highest BCUT2D eigenvalue weighted by Crippen LogP contribution is 2.41. The molecule has 5 nitrogen and oxygen atoms in total. The minimum Gasteiger partial charge on any atom is -0.494 e. The summed E-state index contributed by atoms with van der Waals surface area (Å²) >= 11 is 1.37. The van der Waals surface area contributed by atoms with E-state index >= 15 is 0 Å². The molecule has 1 heterocycles. The number of hydrogen-bond donors (Lipinski definition) is 2. The molecule has 0 aliphatic heterocycles. The van der Waals surface area contributed by atoms with E-state index < -0.39 is 0 Å². The molecule has 22 heavy (non-hydrogen) atoms. The normalized spacial score (nSPS) is 13.9. The second-order valence-corrected chi connectivity index (χ2v) is 6.06. The number of hydrogen-bond acceptors (Lipinski definition) is 5. The molecule has 1 amide bonds. The minimum atomic E-state index is -0.141. The summed E-state index contributed by atoms with van der Waals surface area (Å²) in [6, 6.07) is 5.28. The van der Waals surface area contributed by atoms with Gasteiger partial charge in [-0.3, -0.25) is 4.79 Å². The summed E-state index contributed by atoms with van der Waals surface area (Å²) in [5.74, 6) is 0.942. The lowest BCUT2D eigenvalue weighted by atomic mass is 10.1. The van der Waals surface area contributed by atoms with E-state index in [0.717, 1.165) is 18.5 Å². The zero-order valence-electron chi connectivity index (χ0n) is 12.3. The Morgan fingerprint density at radius 3 is 3.00 bits per heavy atom. The molecule has 1 aromatic carbocycles. The summed E-state index contributed by atoms with van der Waals surface area (Å²) in [7, 11) is 0. The molecule has 0 saturated heterocycles. The van der Waals surface area contributed by atoms with Crippen LogP contribution in [-0.4, -0.2) is 22.6 Å². The first-order valence-electron chi connectivity index (χ1n) is 7.34. The van der Waals surface area contributed by atoms with Crippen molar-refractivity contribution in [2.24, 2.45) is 0 Å². The summed E-state index contributed by atoms with van der Waals surface area (Å²) in [5, 5.41) is 12.3. The molecular weight excluding hydrogens is 300 g/mol. The van der Waals surface area contributed by atoms with Crippen LogP contribution in [0.2, 0.25) is 0 Å². The molecule has 0 atom stereocenters. The van der Waals surface area contributed by atoms with Crippen LogP contribution in [0, 0.1) is 0 Å². The number of rotatable bonds is 6. The number of thiazole rings is 1. The van der Waals surface area contributed by atoms with Crippen LogP contribution in [0.4, 0.5) is 5.69 Å². The van der Waals surface area contributed by atoms with E-state index in [2.05, 4.69) is 10.3 Å². The number of carbonyl (C=O) groups excluding carboxylic acids is 1. The Labute approximate surface area is 133 Å². The second-order valence-electron chi connectivity index (χ2n) is 5.21. The first kappa shape index (κ1) is 15.0. The lowest BCUT2D eigenvalue weighted by molar-refractivity contribution is 0.102. The minimum absolute atomic E-state index is 0.132. The van der Waals surface area contributed by atoms with Crippen LogP contribution < -0.4 is 10.1 Å². The van der Waals surface area contributed by atoms with Gasteiger partial charge in [-0.15, -0.1) is 11.3 Å². The third-order valence-corrected chi connectivity index (χ3v) is 4.39. The van der Waals surface area contributed by atoms with Crippen molar-refractivity contribution in [2.75, 3.05) is 11.9 Å². The van der Waals surface area contributed by atoms with Crippen molar-refractivity contribution >= 4 is 22.9 Å². The molecule has 1 aliphatic rings. The molecule has 1 aromatic heterocycles. The standard InChI is InChI=1S/C16H18N2O3S/c1-2-21-13-6-5-12(7-11(13)8-19)18-16(20)15-14(10-3-4-10)17-9-22-15/h5-7,9-10,19H,2-4,8H2,1H3,(H,18,20). The number of aliphatic hydroxyl groups is 1. The molecule has 116 valence electrons. The number of aromatic nitrogens is 1. The van der Waals surface area contributed by atoms with E-state index in [1.165, 1.54) is 11.3 Å². The van der Waals surface area contributed by atoms with E-state index in [9.17, 15) is 9.90 Å². The van der Waals surface area contributed by atoms with Gasteiger partial charge in [-0.2, -0.15) is 0 Å². The zero-order chi connectivity index (χ0) is 15.5. The highest BCUT2D eigenvalue weighted by molar-refractivity contribution is 7.12. The molecular formula is C16H18N2O3S. The highest BCUT2D eigenvalue weighted by Gasteiger charge is 2.30. The van der Waals surface area contributed by atoms with E-state index in [0.29, 0.717) is 34.4 Å². The molecule has 2 aromatic rings. The van der Waals surface area contributed by atoms with Crippen molar-refractivity contribution in [3.05, 3.63) is 39.8 Å². The summed E-state index contributed by atoms with van der Waals surface area (Å²) in [6.45, 7) is 2.29. The van der Waals surface area contributed by atoms with Crippen LogP contribution in [0.25, 0.3) is 0 Å². The first-order valence-corrected chi connectivity index (χ1v) is 8.22. The fourth-order valence-electron chi connectivity index (χ4n) is 2.34. The molecule has 0 bridgehead atoms. The number of aliphatic hydroxyl groups excluding tert-OH is 1. The van der Waals surface area contributed by atoms with E-state index in [4.69, 9.17) is 4.74 Å². The number of nitrogens with zero attached hydrogens (tertiary/aromatic N) is 1. The number of anilines is 1. The van der Waals surface area contributed by atoms with Crippen molar-refractivity contribution in [2.45, 2.75) is 32.3 Å². The first-order chi connectivity index (χ1) is 10.7. The predicted molar refractivity (Wildman–Crippen MR) is 85.6 cm³/mol. The fraction of sp³-hybridized carbons (Fsp3) is 0.375. The molecule has 0 spiro atoms. The van der Waals surface area contributed by atoms with Crippen molar-refractivity contribution < 1.29 is 14.6 Å². The van der Waals surface area contributed by atoms with Crippen molar-refractivity contribution in [1.29, 1.82) is 0 Å². The van der Waals surface area contributed by atoms with Gasteiger partial charge in [0.05, 0.1) is 24.4 Å². The quantitative estimate of drug-likeness (QED) is 0.858. The maximum absolute atomic E-state index is 12.4. The third-order valence-electron chi connectivity index (χ3n) is 3.55. The third kappa shape index (κ3) is 3.13. The molecule has 3 rings (SSSR count). The Morgan fingerprint density at radius 2 is 2.32 bits per heavy atom. The lowest BCUT2D eigenvalue weighted by Crippen LogP contribution is -2.12. The molecule has 1 saturated carbocycles. The van der Waals surface area contributed by atoms with Crippen LogP contribution in [0.1, 0.15) is 46.6 Å². The van der Waals surface area contributed by atoms with Crippen LogP contribution in [0.3, 0.4) is 0 Å². The SMILES string of the molecule is CCOc1ccc(NC(=O)c2scnc2C2CC2)cc1CO. The largest absolute Gasteiger partial charge is 0.494 e. The van der Waals surface area contributed by atoms with Gasteiger partial charge in [-0.25, -0.2) is 4.98 Å². The van der Waals surface area contributed by atoms with Gasteiger partial charge in [0.25, 0.3) is 5.91 Å². The molecule has 6 heteroatoms. The Balaban J connectivity index is 1.77. The number of nitrogens with one attached hydrogen (secondary N) is 1. The van der Waals surface area contributed by atoms with Crippen LogP contribution in [-0.2, 0) is 6.61 Å². The van der Waals surface area contributed by atoms with Gasteiger partial charge >= 0.3 is 0 Å². The van der Waals surface area contributed by atoms with Crippen LogP contribution in [0.5, 0.6) is 5.75 Å². The molecule has 0 unspecified atom stereocenters. The van der Waals surface area contributed by atoms with E-state index in [1.54, 1.807) is 23.7 Å². The number of carbonyl (C=O) groups is 1. The average molecular weight is 318 g/mol. The van der Waals surface area contributed by atoms with Crippen molar-refractivity contribution in [1.82, 2.24) is 4.98 Å². The number of amides is 1. The number of ether oxygens (including phenoxy) is 1. The smallest absolute Gasteiger partial charge is 0.267 e. The Bertz CT molecular complexity index is 680. The van der Waals surface area contributed by atoms with Gasteiger partial charge in [0, 0.05) is 17.2 Å². The Kier molecular flexibility index (Phi) is 4.40. The molecule has 0 radical (unpaired) electrons. The second kappa shape index (κ2) is 6.46. The van der Waals surface area contributed by atoms with Gasteiger partial charge < -0.3 is 15.2 Å². The Morgan fingerprint density at radius 1 is 1.50 bits per heavy atom. The summed E-state index contributed by atoms with van der Waals surface area (Å²) in [6.07, 6.45) is 2.23. The summed E-state index contributed by atoms with van der Waals surface area (Å²) in [4.78, 5) is 17.4. The van der Waals surface area contributed by atoms with Gasteiger partial charge in [0.2, 0.25) is 0 Å². The van der Waals surface area contributed by atoms with Gasteiger partial charge in [0.15, 0.2) is 0 Å². The highest BCUT2D eigenvalue weighted by atomic mass is 32.1. The zero-order valence-corrected chi connectivity index (χ0v) is 13.2. The predicted octanol–water partition coefficient (Wildman–Crippen LogP) is 3.16. The van der Waals surface area contributed by atoms with Crippen LogP contribution in [0.15, 0.2) is 23.7 Å². The topological polar surface area (TPSA) is 71.5 Å². The lowest BCUT2D eigenvalue weighted by Gasteiger charge is -2.11. The van der Waals surface area contributed by atoms with E-state index in [-0.39, 0.29) is 12.5 Å². The maximum atomic E-state index is 12.4. The van der Waals surface area contributed by atoms with Gasteiger partial charge in [0.1, 0.15) is 10.6 Å². The summed E-state index contributed by atoms with van der Waals surface area (Å²) in [5.41, 5.74) is 3.94. The van der Waals surface area contributed by atoms with Gasteiger partial charge in [-0.05, 0) is 38.0 Å². The summed E-state index contributed by atoms with van der Waals surface area (Å²) < 4.78 is 5.44. The Hall–Kier alpha value is -1.92. The fourth-order valence-corrected chi connectivity index (χ4v) is 3.11. The van der Waals surface area contributed by atoms with Crippen LogP contribution >= 0.6 is 11.3 Å². The average Bonchev–Trinajstić information content (AvgIpc) is 3.25. The van der Waals surface area contributed by atoms with E-state index in [1.807, 2.05) is 6.92 Å². The van der Waals surface area contributed by atoms with Crippen molar-refractivity contribution in [3.63, 3.8) is 0 Å². The maximum Gasteiger partial charge on any atom is 0.267 e.